The Balaban J connectivity index is 0. The molecule has 0 heterocycles. The molecule has 0 aromatic rings. The zero-order chi connectivity index (χ0) is 21.8. The minimum absolute atomic E-state index is 0. The molecule has 0 aliphatic rings. The largest absolute Gasteiger partial charge is 1.00 e. The standard InChI is InChI=1S/C25H52NO3.HI/c1-5-6-7-8-9-10-11-12-13-14-15-16-17-18-19-20-21-29-25(28)22-24(27)23-26(2,3)4;/h24,27H,5-23H2,1-4H3;1H/q+1;/p-1. The fourth-order valence-electron chi connectivity index (χ4n) is 3.78. The molecule has 1 atom stereocenters. The summed E-state index contributed by atoms with van der Waals surface area (Å²) in [5.74, 6) is -0.271. The van der Waals surface area contributed by atoms with Crippen molar-refractivity contribution in [3.05, 3.63) is 0 Å². The molecule has 0 saturated carbocycles. The maximum atomic E-state index is 11.7. The predicted octanol–water partition coefficient (Wildman–Crippen LogP) is 3.25. The van der Waals surface area contributed by atoms with Crippen LogP contribution in [0.1, 0.15) is 116 Å². The molecule has 0 radical (unpaired) electrons. The van der Waals surface area contributed by atoms with Crippen LogP contribution in [0.3, 0.4) is 0 Å². The summed E-state index contributed by atoms with van der Waals surface area (Å²) in [6, 6.07) is 0. The average molecular weight is 542 g/mol. The van der Waals surface area contributed by atoms with Crippen molar-refractivity contribution in [3.63, 3.8) is 0 Å². The van der Waals surface area contributed by atoms with Gasteiger partial charge in [-0.2, -0.15) is 0 Å². The monoisotopic (exact) mass is 541 g/mol. The van der Waals surface area contributed by atoms with E-state index in [1.165, 1.54) is 89.9 Å². The highest BCUT2D eigenvalue weighted by Gasteiger charge is 2.19. The van der Waals surface area contributed by atoms with Crippen LogP contribution in [0, 0.1) is 0 Å². The predicted molar refractivity (Wildman–Crippen MR) is 124 cm³/mol. The van der Waals surface area contributed by atoms with Gasteiger partial charge in [-0.3, -0.25) is 4.79 Å². The summed E-state index contributed by atoms with van der Waals surface area (Å²) in [7, 11) is 6.01. The molecule has 0 bridgehead atoms. The number of carbonyl (C=O) groups is 1. The van der Waals surface area contributed by atoms with Gasteiger partial charge in [0, 0.05) is 0 Å². The molecular weight excluding hydrogens is 489 g/mol. The van der Waals surface area contributed by atoms with E-state index in [2.05, 4.69) is 6.92 Å². The van der Waals surface area contributed by atoms with Gasteiger partial charge < -0.3 is 38.3 Å². The van der Waals surface area contributed by atoms with E-state index in [1.807, 2.05) is 21.1 Å². The molecule has 30 heavy (non-hydrogen) atoms. The summed E-state index contributed by atoms with van der Waals surface area (Å²) < 4.78 is 5.89. The molecule has 0 rings (SSSR count). The Bertz CT molecular complexity index is 372. The van der Waals surface area contributed by atoms with Crippen molar-refractivity contribution >= 4 is 5.97 Å². The molecule has 4 nitrogen and oxygen atoms in total. The minimum Gasteiger partial charge on any atom is -1.00 e. The van der Waals surface area contributed by atoms with Gasteiger partial charge >= 0.3 is 5.97 Å². The molecule has 0 aromatic heterocycles. The van der Waals surface area contributed by atoms with Gasteiger partial charge in [0.1, 0.15) is 12.6 Å². The molecule has 0 saturated heterocycles. The highest BCUT2D eigenvalue weighted by atomic mass is 127. The quantitative estimate of drug-likeness (QED) is 0.105. The zero-order valence-corrected chi connectivity index (χ0v) is 22.8. The van der Waals surface area contributed by atoms with Gasteiger partial charge in [-0.05, 0) is 6.42 Å². The second-order valence-corrected chi connectivity index (χ2v) is 9.85. The van der Waals surface area contributed by atoms with Crippen LogP contribution in [-0.4, -0.2) is 56.0 Å². The number of rotatable bonds is 21. The molecule has 0 fully saturated rings. The molecule has 0 spiro atoms. The number of likely N-dealkylation sites (N-methyl/N-ethyl adjacent to an activating group) is 1. The first-order valence-corrected chi connectivity index (χ1v) is 12.5. The normalized spacial score (nSPS) is 12.4. The number of carbonyl (C=O) groups excluding carboxylic acids is 1. The average Bonchev–Trinajstić information content (AvgIpc) is 2.62. The van der Waals surface area contributed by atoms with E-state index >= 15 is 0 Å². The number of aliphatic hydroxyl groups is 1. The van der Waals surface area contributed by atoms with Crippen LogP contribution in [0.25, 0.3) is 0 Å². The number of hydrogen-bond donors (Lipinski definition) is 1. The Kier molecular flexibility index (Phi) is 24.0. The van der Waals surface area contributed by atoms with Gasteiger partial charge in [0.2, 0.25) is 0 Å². The van der Waals surface area contributed by atoms with Crippen molar-refractivity contribution in [2.45, 2.75) is 122 Å². The minimum atomic E-state index is -0.617. The number of ether oxygens (including phenoxy) is 1. The third kappa shape index (κ3) is 26.2. The van der Waals surface area contributed by atoms with Crippen LogP contribution in [-0.2, 0) is 9.53 Å². The first kappa shape index (κ1) is 32.3. The van der Waals surface area contributed by atoms with Crippen molar-refractivity contribution in [3.8, 4) is 0 Å². The van der Waals surface area contributed by atoms with Gasteiger partial charge in [0.25, 0.3) is 0 Å². The van der Waals surface area contributed by atoms with Gasteiger partial charge in [-0.15, -0.1) is 0 Å². The fourth-order valence-corrected chi connectivity index (χ4v) is 3.78. The van der Waals surface area contributed by atoms with Crippen LogP contribution in [0.15, 0.2) is 0 Å². The summed E-state index contributed by atoms with van der Waals surface area (Å²) in [6.07, 6.45) is 20.9. The van der Waals surface area contributed by atoms with Crippen LogP contribution in [0.2, 0.25) is 0 Å². The van der Waals surface area contributed by atoms with Crippen LogP contribution < -0.4 is 24.0 Å². The Hall–Kier alpha value is 0.120. The Morgan fingerprint density at radius 1 is 0.733 bits per heavy atom. The van der Waals surface area contributed by atoms with E-state index in [0.717, 1.165) is 12.8 Å². The van der Waals surface area contributed by atoms with E-state index in [4.69, 9.17) is 4.74 Å². The fraction of sp³-hybridized carbons (Fsp3) is 0.960. The molecule has 0 amide bonds. The van der Waals surface area contributed by atoms with Crippen molar-refractivity contribution in [1.82, 2.24) is 0 Å². The first-order chi connectivity index (χ1) is 13.8. The van der Waals surface area contributed by atoms with Crippen LogP contribution in [0.4, 0.5) is 0 Å². The second kappa shape index (κ2) is 22.3. The lowest BCUT2D eigenvalue weighted by atomic mass is 10.0. The highest BCUT2D eigenvalue weighted by Crippen LogP contribution is 2.13. The van der Waals surface area contributed by atoms with Gasteiger partial charge in [-0.25, -0.2) is 0 Å². The molecule has 0 aromatic carbocycles. The first-order valence-electron chi connectivity index (χ1n) is 12.5. The van der Waals surface area contributed by atoms with Crippen molar-refractivity contribution in [1.29, 1.82) is 0 Å². The Morgan fingerprint density at radius 3 is 1.47 bits per heavy atom. The second-order valence-electron chi connectivity index (χ2n) is 9.85. The summed E-state index contributed by atoms with van der Waals surface area (Å²) >= 11 is 0. The number of unbranched alkanes of at least 4 members (excludes halogenated alkanes) is 15. The lowest BCUT2D eigenvalue weighted by Crippen LogP contribution is -3.00. The summed E-state index contributed by atoms with van der Waals surface area (Å²) in [5, 5.41) is 9.88. The summed E-state index contributed by atoms with van der Waals surface area (Å²) in [4.78, 5) is 11.7. The molecule has 182 valence electrons. The number of nitrogens with zero attached hydrogens (tertiary/aromatic N) is 1. The molecular formula is C25H52INO3. The van der Waals surface area contributed by atoms with Gasteiger partial charge in [-0.1, -0.05) is 103 Å². The molecule has 1 unspecified atom stereocenters. The maximum absolute atomic E-state index is 11.7. The Labute approximate surface area is 205 Å². The maximum Gasteiger partial charge on any atom is 0.308 e. The topological polar surface area (TPSA) is 46.5 Å². The molecule has 0 aliphatic carbocycles. The van der Waals surface area contributed by atoms with E-state index in [1.54, 1.807) is 0 Å². The smallest absolute Gasteiger partial charge is 0.308 e. The SMILES string of the molecule is CCCCCCCCCCCCCCCCCCOC(=O)CC(O)C[N+](C)(C)C.[I-]. The van der Waals surface area contributed by atoms with E-state index < -0.39 is 6.10 Å². The van der Waals surface area contributed by atoms with Crippen LogP contribution >= 0.6 is 0 Å². The van der Waals surface area contributed by atoms with Crippen molar-refractivity contribution in [2.24, 2.45) is 0 Å². The third-order valence-electron chi connectivity index (χ3n) is 5.42. The summed E-state index contributed by atoms with van der Waals surface area (Å²) in [5.41, 5.74) is 0. The lowest BCUT2D eigenvalue weighted by molar-refractivity contribution is -0.873. The number of quaternary nitrogens is 1. The highest BCUT2D eigenvalue weighted by molar-refractivity contribution is 5.69. The molecule has 1 N–H and O–H groups in total. The lowest BCUT2D eigenvalue weighted by Gasteiger charge is -2.26. The molecule has 0 aliphatic heterocycles. The van der Waals surface area contributed by atoms with E-state index in [0.29, 0.717) is 17.6 Å². The van der Waals surface area contributed by atoms with Crippen molar-refractivity contribution < 1.29 is 43.1 Å². The number of aliphatic hydroxyl groups excluding tert-OH is 1. The number of hydrogen-bond acceptors (Lipinski definition) is 3. The van der Waals surface area contributed by atoms with Crippen LogP contribution in [0.5, 0.6) is 0 Å². The van der Waals surface area contributed by atoms with Gasteiger partial charge in [0.05, 0.1) is 34.2 Å². The van der Waals surface area contributed by atoms with E-state index in [-0.39, 0.29) is 36.4 Å². The van der Waals surface area contributed by atoms with Crippen molar-refractivity contribution in [2.75, 3.05) is 34.3 Å². The van der Waals surface area contributed by atoms with Gasteiger partial charge in [0.15, 0.2) is 0 Å². The Morgan fingerprint density at radius 2 is 1.10 bits per heavy atom. The summed E-state index contributed by atoms with van der Waals surface area (Å²) in [6.45, 7) is 3.34. The number of esters is 1. The zero-order valence-electron chi connectivity index (χ0n) is 20.6. The molecule has 5 heteroatoms. The number of halogens is 1. The van der Waals surface area contributed by atoms with E-state index in [9.17, 15) is 9.90 Å². The third-order valence-corrected chi connectivity index (χ3v) is 5.42.